The molecule has 2 heterocycles. The van der Waals surface area contributed by atoms with Crippen molar-refractivity contribution in [3.8, 4) is 5.75 Å². The van der Waals surface area contributed by atoms with Crippen LogP contribution in [0.15, 0.2) is 42.5 Å². The minimum absolute atomic E-state index is 0.123. The lowest BCUT2D eigenvalue weighted by atomic mass is 10.0. The van der Waals surface area contributed by atoms with Crippen molar-refractivity contribution in [3.63, 3.8) is 0 Å². The van der Waals surface area contributed by atoms with Gasteiger partial charge in [0.1, 0.15) is 5.75 Å². The number of fused-ring (bicyclic) bond motifs is 2. The second-order valence-electron chi connectivity index (χ2n) is 7.06. The molecule has 0 aromatic heterocycles. The van der Waals surface area contributed by atoms with E-state index in [9.17, 15) is 4.79 Å². The largest absolute Gasteiger partial charge is 0.493 e. The molecule has 5 nitrogen and oxygen atoms in total. The van der Waals surface area contributed by atoms with Crippen molar-refractivity contribution in [2.24, 2.45) is 0 Å². The van der Waals surface area contributed by atoms with Gasteiger partial charge in [0.05, 0.1) is 25.5 Å². The summed E-state index contributed by atoms with van der Waals surface area (Å²) >= 11 is 0. The van der Waals surface area contributed by atoms with E-state index in [-0.39, 0.29) is 5.91 Å². The Morgan fingerprint density at radius 3 is 2.56 bits per heavy atom. The summed E-state index contributed by atoms with van der Waals surface area (Å²) in [6.45, 7) is 6.22. The van der Waals surface area contributed by atoms with Crippen molar-refractivity contribution in [3.05, 3.63) is 59.2 Å². The first-order valence-corrected chi connectivity index (χ1v) is 9.52. The molecule has 4 rings (SSSR count). The van der Waals surface area contributed by atoms with Gasteiger partial charge in [-0.2, -0.15) is 0 Å². The quantitative estimate of drug-likeness (QED) is 0.756. The lowest BCUT2D eigenvalue weighted by Crippen LogP contribution is -2.47. The van der Waals surface area contributed by atoms with Gasteiger partial charge in [0, 0.05) is 12.1 Å². The summed E-state index contributed by atoms with van der Waals surface area (Å²) in [5.41, 5.74) is 3.90. The Morgan fingerprint density at radius 1 is 1.04 bits per heavy atom. The van der Waals surface area contributed by atoms with Crippen LogP contribution in [0.3, 0.4) is 0 Å². The Bertz CT molecular complexity index is 842. The number of para-hydroxylation sites is 2. The first kappa shape index (κ1) is 18.0. The molecule has 142 valence electrons. The normalized spacial score (nSPS) is 18.0. The van der Waals surface area contributed by atoms with Crippen LogP contribution in [0, 0.1) is 13.8 Å². The number of hydrogen-bond donors (Lipinski definition) is 0. The van der Waals surface area contributed by atoms with Gasteiger partial charge < -0.3 is 19.1 Å². The highest BCUT2D eigenvalue weighted by Crippen LogP contribution is 2.46. The van der Waals surface area contributed by atoms with Gasteiger partial charge in [-0.05, 0) is 43.9 Å². The van der Waals surface area contributed by atoms with Crippen molar-refractivity contribution in [1.29, 1.82) is 0 Å². The van der Waals surface area contributed by atoms with E-state index < -0.39 is 5.79 Å². The minimum Gasteiger partial charge on any atom is -0.493 e. The fourth-order valence-electron chi connectivity index (χ4n) is 3.83. The number of amides is 1. The maximum atomic E-state index is 13.2. The number of hydrogen-bond acceptors (Lipinski definition) is 4. The number of carbonyl (C=O) groups is 1. The summed E-state index contributed by atoms with van der Waals surface area (Å²) in [7, 11) is 0. The average Bonchev–Trinajstić information content (AvgIpc) is 2.91. The molecule has 1 amide bonds. The van der Waals surface area contributed by atoms with E-state index in [4.69, 9.17) is 14.2 Å². The third-order valence-corrected chi connectivity index (χ3v) is 5.17. The lowest BCUT2D eigenvalue weighted by molar-refractivity contribution is -0.256. The van der Waals surface area contributed by atoms with Gasteiger partial charge in [-0.1, -0.05) is 36.4 Å². The van der Waals surface area contributed by atoms with Gasteiger partial charge in [0.25, 0.3) is 11.7 Å². The Morgan fingerprint density at radius 2 is 1.78 bits per heavy atom. The molecular formula is C22H25NO4. The molecule has 1 fully saturated rings. The van der Waals surface area contributed by atoms with Crippen molar-refractivity contribution in [2.45, 2.75) is 32.5 Å². The highest BCUT2D eigenvalue weighted by molar-refractivity contribution is 6.06. The molecule has 1 spiro atoms. The number of aryl methyl sites for hydroxylation is 2. The molecule has 5 heteroatoms. The third kappa shape index (κ3) is 3.11. The number of carbonyl (C=O) groups excluding carboxylic acids is 1. The van der Waals surface area contributed by atoms with E-state index in [1.54, 1.807) is 4.90 Å². The number of rotatable bonds is 5. The van der Waals surface area contributed by atoms with Gasteiger partial charge in [0.15, 0.2) is 0 Å². The molecule has 0 atom stereocenters. The van der Waals surface area contributed by atoms with Gasteiger partial charge in [0.2, 0.25) is 0 Å². The molecular weight excluding hydrogens is 342 g/mol. The van der Waals surface area contributed by atoms with E-state index in [0.29, 0.717) is 26.4 Å². The van der Waals surface area contributed by atoms with Gasteiger partial charge in [-0.3, -0.25) is 4.79 Å². The first-order valence-electron chi connectivity index (χ1n) is 9.52. The van der Waals surface area contributed by atoms with Crippen LogP contribution in [0.1, 0.15) is 29.5 Å². The maximum absolute atomic E-state index is 13.2. The van der Waals surface area contributed by atoms with E-state index in [1.807, 2.05) is 56.3 Å². The van der Waals surface area contributed by atoms with Crippen LogP contribution in [-0.4, -0.2) is 32.3 Å². The zero-order valence-electron chi connectivity index (χ0n) is 15.9. The molecule has 2 aliphatic rings. The minimum atomic E-state index is -1.27. The predicted octanol–water partition coefficient (Wildman–Crippen LogP) is 3.71. The second-order valence-corrected chi connectivity index (χ2v) is 7.06. The van der Waals surface area contributed by atoms with E-state index >= 15 is 0 Å². The summed E-state index contributed by atoms with van der Waals surface area (Å²) in [5, 5.41) is 0. The maximum Gasteiger partial charge on any atom is 0.292 e. The summed E-state index contributed by atoms with van der Waals surface area (Å²) in [5.74, 6) is -0.504. The molecule has 0 N–H and O–H groups in total. The van der Waals surface area contributed by atoms with Crippen molar-refractivity contribution in [2.75, 3.05) is 31.3 Å². The fraction of sp³-hybridized carbons (Fsp3) is 0.409. The third-order valence-electron chi connectivity index (χ3n) is 5.17. The SMILES string of the molecule is Cc1ccccc1OCCCN1C(=O)C2(OCCCO2)c2cccc(C)c21. The Hall–Kier alpha value is -2.37. The predicted molar refractivity (Wildman–Crippen MR) is 103 cm³/mol. The second kappa shape index (κ2) is 7.33. The number of nitrogens with zero attached hydrogens (tertiary/aromatic N) is 1. The topological polar surface area (TPSA) is 48.0 Å². The van der Waals surface area contributed by atoms with Crippen molar-refractivity contribution >= 4 is 11.6 Å². The van der Waals surface area contributed by atoms with Crippen LogP contribution in [0.5, 0.6) is 5.75 Å². The molecule has 2 aromatic carbocycles. The molecule has 0 bridgehead atoms. The lowest BCUT2D eigenvalue weighted by Gasteiger charge is -2.32. The van der Waals surface area contributed by atoms with E-state index in [2.05, 4.69) is 0 Å². The summed E-state index contributed by atoms with van der Waals surface area (Å²) < 4.78 is 17.7. The molecule has 2 aliphatic heterocycles. The van der Waals surface area contributed by atoms with Crippen molar-refractivity contribution < 1.29 is 19.0 Å². The number of benzene rings is 2. The van der Waals surface area contributed by atoms with Crippen LogP contribution in [-0.2, 0) is 20.1 Å². The fourth-order valence-corrected chi connectivity index (χ4v) is 3.83. The zero-order valence-corrected chi connectivity index (χ0v) is 15.9. The smallest absolute Gasteiger partial charge is 0.292 e. The van der Waals surface area contributed by atoms with Crippen molar-refractivity contribution in [1.82, 2.24) is 0 Å². The molecule has 1 saturated heterocycles. The molecule has 2 aromatic rings. The standard InChI is InChI=1S/C22H25NO4/c1-16-8-3-4-11-19(16)25-13-6-12-23-20-17(2)9-5-10-18(20)22(21(23)24)26-14-7-15-27-22/h3-5,8-11H,6-7,12-15H2,1-2H3. The highest BCUT2D eigenvalue weighted by Gasteiger charge is 2.55. The van der Waals surface area contributed by atoms with E-state index in [1.165, 1.54) is 0 Å². The molecule has 0 radical (unpaired) electrons. The Balaban J connectivity index is 1.50. The van der Waals surface area contributed by atoms with Crippen LogP contribution < -0.4 is 9.64 Å². The summed E-state index contributed by atoms with van der Waals surface area (Å²) in [4.78, 5) is 15.0. The first-order chi connectivity index (χ1) is 13.1. The van der Waals surface area contributed by atoms with Crippen LogP contribution in [0.2, 0.25) is 0 Å². The molecule has 0 aliphatic carbocycles. The van der Waals surface area contributed by atoms with Gasteiger partial charge in [-0.25, -0.2) is 0 Å². The van der Waals surface area contributed by atoms with E-state index in [0.717, 1.165) is 41.0 Å². The number of anilines is 1. The van der Waals surface area contributed by atoms with Gasteiger partial charge in [-0.15, -0.1) is 0 Å². The zero-order chi connectivity index (χ0) is 18.9. The highest BCUT2D eigenvalue weighted by atomic mass is 16.7. The molecule has 27 heavy (non-hydrogen) atoms. The molecule has 0 saturated carbocycles. The van der Waals surface area contributed by atoms with Crippen LogP contribution in [0.25, 0.3) is 0 Å². The Labute approximate surface area is 159 Å². The van der Waals surface area contributed by atoms with Crippen LogP contribution in [0.4, 0.5) is 5.69 Å². The summed E-state index contributed by atoms with van der Waals surface area (Å²) in [6, 6.07) is 13.9. The summed E-state index contributed by atoms with van der Waals surface area (Å²) in [6.07, 6.45) is 1.53. The van der Waals surface area contributed by atoms with Crippen LogP contribution >= 0.6 is 0 Å². The Kier molecular flexibility index (Phi) is 4.89. The monoisotopic (exact) mass is 367 g/mol. The number of ether oxygens (including phenoxy) is 3. The van der Waals surface area contributed by atoms with Gasteiger partial charge >= 0.3 is 0 Å². The molecule has 0 unspecified atom stereocenters. The average molecular weight is 367 g/mol.